The number of benzene rings is 1. The molecule has 1 saturated heterocycles. The monoisotopic (exact) mass is 280 g/mol. The van der Waals surface area contributed by atoms with Crippen molar-refractivity contribution in [3.8, 4) is 0 Å². The SMILES string of the molecule is CC(C)(C)NCc1c(F)cccc1N1CCCOCC1. The van der Waals surface area contributed by atoms with Gasteiger partial charge < -0.3 is 15.0 Å². The molecule has 0 aliphatic carbocycles. The third kappa shape index (κ3) is 4.18. The van der Waals surface area contributed by atoms with Gasteiger partial charge in [0.25, 0.3) is 0 Å². The molecule has 0 radical (unpaired) electrons. The highest BCUT2D eigenvalue weighted by Crippen LogP contribution is 2.24. The molecule has 20 heavy (non-hydrogen) atoms. The van der Waals surface area contributed by atoms with Crippen LogP contribution in [-0.4, -0.2) is 31.8 Å². The fraction of sp³-hybridized carbons (Fsp3) is 0.625. The lowest BCUT2D eigenvalue weighted by Crippen LogP contribution is -2.36. The zero-order valence-corrected chi connectivity index (χ0v) is 12.7. The fourth-order valence-corrected chi connectivity index (χ4v) is 2.36. The smallest absolute Gasteiger partial charge is 0.129 e. The molecule has 112 valence electrons. The first kappa shape index (κ1) is 15.3. The number of anilines is 1. The molecular weight excluding hydrogens is 255 g/mol. The van der Waals surface area contributed by atoms with Gasteiger partial charge in [-0.1, -0.05) is 6.07 Å². The van der Waals surface area contributed by atoms with Crippen LogP contribution in [-0.2, 0) is 11.3 Å². The van der Waals surface area contributed by atoms with Gasteiger partial charge in [-0.25, -0.2) is 4.39 Å². The third-order valence-electron chi connectivity index (χ3n) is 3.45. The maximum atomic E-state index is 14.2. The zero-order chi connectivity index (χ0) is 14.6. The first-order valence-electron chi connectivity index (χ1n) is 7.32. The van der Waals surface area contributed by atoms with E-state index in [4.69, 9.17) is 4.74 Å². The lowest BCUT2D eigenvalue weighted by molar-refractivity contribution is 0.152. The van der Waals surface area contributed by atoms with E-state index in [1.54, 1.807) is 6.07 Å². The lowest BCUT2D eigenvalue weighted by Gasteiger charge is -2.27. The standard InChI is InChI=1S/C16H25FN2O/c1-16(2,3)18-12-13-14(17)6-4-7-15(13)19-8-5-10-20-11-9-19/h4,6-7,18H,5,8-12H2,1-3H3. The van der Waals surface area contributed by atoms with Crippen LogP contribution in [0.3, 0.4) is 0 Å². The van der Waals surface area contributed by atoms with E-state index < -0.39 is 0 Å². The predicted octanol–water partition coefficient (Wildman–Crippen LogP) is 2.94. The minimum atomic E-state index is -0.135. The number of nitrogens with zero attached hydrogens (tertiary/aromatic N) is 1. The Morgan fingerprint density at radius 3 is 2.80 bits per heavy atom. The summed E-state index contributed by atoms with van der Waals surface area (Å²) in [5.74, 6) is -0.135. The van der Waals surface area contributed by atoms with Crippen LogP contribution in [0.25, 0.3) is 0 Å². The molecule has 4 heteroatoms. The molecule has 0 spiro atoms. The highest BCUT2D eigenvalue weighted by atomic mass is 19.1. The van der Waals surface area contributed by atoms with Gasteiger partial charge >= 0.3 is 0 Å². The summed E-state index contributed by atoms with van der Waals surface area (Å²) >= 11 is 0. The van der Waals surface area contributed by atoms with Gasteiger partial charge in [0.1, 0.15) is 5.82 Å². The Kier molecular flexibility index (Phi) is 5.00. The normalized spacial score (nSPS) is 17.1. The molecule has 0 bridgehead atoms. The Labute approximate surface area is 121 Å². The second-order valence-electron chi connectivity index (χ2n) is 6.29. The average Bonchev–Trinajstić information content (AvgIpc) is 2.64. The summed E-state index contributed by atoms with van der Waals surface area (Å²) in [5, 5.41) is 3.38. The highest BCUT2D eigenvalue weighted by Gasteiger charge is 2.18. The van der Waals surface area contributed by atoms with E-state index >= 15 is 0 Å². The van der Waals surface area contributed by atoms with Gasteiger partial charge in [-0.15, -0.1) is 0 Å². The molecule has 0 atom stereocenters. The molecule has 0 amide bonds. The quantitative estimate of drug-likeness (QED) is 0.921. The molecule has 1 fully saturated rings. The second kappa shape index (κ2) is 6.55. The van der Waals surface area contributed by atoms with Gasteiger partial charge in [0, 0.05) is 43.0 Å². The zero-order valence-electron chi connectivity index (χ0n) is 12.7. The summed E-state index contributed by atoms with van der Waals surface area (Å²) in [6, 6.07) is 5.34. The first-order chi connectivity index (χ1) is 9.47. The van der Waals surface area contributed by atoms with Gasteiger partial charge in [0.2, 0.25) is 0 Å². The topological polar surface area (TPSA) is 24.5 Å². The molecule has 1 aliphatic rings. The van der Waals surface area contributed by atoms with E-state index in [0.29, 0.717) is 13.2 Å². The van der Waals surface area contributed by atoms with Gasteiger partial charge in [0.05, 0.1) is 6.61 Å². The molecule has 1 aliphatic heterocycles. The van der Waals surface area contributed by atoms with Crippen molar-refractivity contribution in [3.05, 3.63) is 29.6 Å². The average molecular weight is 280 g/mol. The molecule has 1 aromatic carbocycles. The van der Waals surface area contributed by atoms with Gasteiger partial charge in [0.15, 0.2) is 0 Å². The molecular formula is C16H25FN2O. The van der Waals surface area contributed by atoms with E-state index in [-0.39, 0.29) is 11.4 Å². The Balaban J connectivity index is 2.20. The van der Waals surface area contributed by atoms with E-state index in [9.17, 15) is 4.39 Å². The Morgan fingerprint density at radius 2 is 2.05 bits per heavy atom. The number of nitrogens with one attached hydrogen (secondary N) is 1. The van der Waals surface area contributed by atoms with Crippen LogP contribution in [0.2, 0.25) is 0 Å². The summed E-state index contributed by atoms with van der Waals surface area (Å²) in [6.45, 7) is 10.1. The molecule has 0 saturated carbocycles. The van der Waals surface area contributed by atoms with E-state index in [2.05, 4.69) is 31.0 Å². The second-order valence-corrected chi connectivity index (χ2v) is 6.29. The van der Waals surface area contributed by atoms with E-state index in [1.807, 2.05) is 6.07 Å². The van der Waals surface area contributed by atoms with Crippen molar-refractivity contribution >= 4 is 5.69 Å². The minimum absolute atomic E-state index is 0.0263. The first-order valence-corrected chi connectivity index (χ1v) is 7.32. The fourth-order valence-electron chi connectivity index (χ4n) is 2.36. The van der Waals surface area contributed by atoms with Crippen LogP contribution in [0.15, 0.2) is 18.2 Å². The van der Waals surface area contributed by atoms with Crippen LogP contribution in [0.1, 0.15) is 32.8 Å². The number of hydrogen-bond donors (Lipinski definition) is 1. The van der Waals surface area contributed by atoms with Gasteiger partial charge in [-0.2, -0.15) is 0 Å². The third-order valence-corrected chi connectivity index (χ3v) is 3.45. The number of ether oxygens (including phenoxy) is 1. The van der Waals surface area contributed by atoms with Crippen LogP contribution in [0.4, 0.5) is 10.1 Å². The Bertz CT molecular complexity index is 435. The molecule has 1 heterocycles. The maximum Gasteiger partial charge on any atom is 0.129 e. The minimum Gasteiger partial charge on any atom is -0.380 e. The van der Waals surface area contributed by atoms with Crippen molar-refractivity contribution in [3.63, 3.8) is 0 Å². The molecule has 1 N–H and O–H groups in total. The van der Waals surface area contributed by atoms with Crippen LogP contribution >= 0.6 is 0 Å². The molecule has 1 aromatic rings. The van der Waals surface area contributed by atoms with Gasteiger partial charge in [-0.3, -0.25) is 0 Å². The largest absolute Gasteiger partial charge is 0.380 e. The molecule has 2 rings (SSSR count). The van der Waals surface area contributed by atoms with Crippen molar-refractivity contribution in [1.29, 1.82) is 0 Å². The van der Waals surface area contributed by atoms with Crippen molar-refractivity contribution < 1.29 is 9.13 Å². The van der Waals surface area contributed by atoms with Crippen LogP contribution < -0.4 is 10.2 Å². The van der Waals surface area contributed by atoms with Crippen LogP contribution in [0, 0.1) is 5.82 Å². The highest BCUT2D eigenvalue weighted by molar-refractivity contribution is 5.54. The maximum absolute atomic E-state index is 14.2. The van der Waals surface area contributed by atoms with Crippen molar-refractivity contribution in [2.75, 3.05) is 31.2 Å². The summed E-state index contributed by atoms with van der Waals surface area (Å²) < 4.78 is 19.7. The van der Waals surface area contributed by atoms with Crippen molar-refractivity contribution in [2.45, 2.75) is 39.3 Å². The lowest BCUT2D eigenvalue weighted by atomic mass is 10.1. The number of hydrogen-bond acceptors (Lipinski definition) is 3. The molecule has 0 unspecified atom stereocenters. The number of rotatable bonds is 3. The van der Waals surface area contributed by atoms with Crippen LogP contribution in [0.5, 0.6) is 0 Å². The predicted molar refractivity (Wildman–Crippen MR) is 80.6 cm³/mol. The summed E-state index contributed by atoms with van der Waals surface area (Å²) in [4.78, 5) is 2.23. The molecule has 3 nitrogen and oxygen atoms in total. The summed E-state index contributed by atoms with van der Waals surface area (Å²) in [5.41, 5.74) is 1.72. The van der Waals surface area contributed by atoms with E-state index in [1.165, 1.54) is 6.07 Å². The Hall–Kier alpha value is -1.13. The van der Waals surface area contributed by atoms with Gasteiger partial charge in [-0.05, 0) is 39.3 Å². The number of halogens is 1. The summed E-state index contributed by atoms with van der Waals surface area (Å²) in [6.07, 6.45) is 0.989. The van der Waals surface area contributed by atoms with Crippen molar-refractivity contribution in [2.24, 2.45) is 0 Å². The van der Waals surface area contributed by atoms with E-state index in [0.717, 1.165) is 37.4 Å². The van der Waals surface area contributed by atoms with Crippen molar-refractivity contribution in [1.82, 2.24) is 5.32 Å². The molecule has 0 aromatic heterocycles. The Morgan fingerprint density at radius 1 is 1.25 bits per heavy atom. The summed E-state index contributed by atoms with van der Waals surface area (Å²) in [7, 11) is 0.